The molecule has 1 aromatic heterocycles. The van der Waals surface area contributed by atoms with E-state index in [2.05, 4.69) is 5.32 Å². The Morgan fingerprint density at radius 2 is 1.88 bits per heavy atom. The van der Waals surface area contributed by atoms with E-state index < -0.39 is 0 Å². The number of ketones is 1. The summed E-state index contributed by atoms with van der Waals surface area (Å²) in [7, 11) is 0. The van der Waals surface area contributed by atoms with E-state index in [1.54, 1.807) is 16.8 Å². The van der Waals surface area contributed by atoms with Crippen LogP contribution in [-0.4, -0.2) is 16.3 Å². The highest BCUT2D eigenvalue weighted by Crippen LogP contribution is 2.26. The maximum absolute atomic E-state index is 12.4. The largest absolute Gasteiger partial charge is 0.337 e. The summed E-state index contributed by atoms with van der Waals surface area (Å²) in [5, 5.41) is 4.21. The van der Waals surface area contributed by atoms with Crippen molar-refractivity contribution in [1.82, 2.24) is 4.57 Å². The summed E-state index contributed by atoms with van der Waals surface area (Å²) in [6.45, 7) is 3.53. The van der Waals surface area contributed by atoms with E-state index in [1.807, 2.05) is 43.3 Å². The number of carbonyl (C=O) groups excluding carboxylic acids is 2. The van der Waals surface area contributed by atoms with Crippen LogP contribution in [0.4, 0.5) is 5.69 Å². The molecule has 0 radical (unpaired) electrons. The Kier molecular flexibility index (Phi) is 4.40. The lowest BCUT2D eigenvalue weighted by Crippen LogP contribution is -2.19. The zero-order chi connectivity index (χ0) is 17.3. The third kappa shape index (κ3) is 3.05. The number of aromatic nitrogens is 1. The van der Waals surface area contributed by atoms with Gasteiger partial charge in [0.05, 0.1) is 10.7 Å². The van der Waals surface area contributed by atoms with E-state index in [4.69, 9.17) is 11.6 Å². The molecule has 1 heterocycles. The van der Waals surface area contributed by atoms with Crippen molar-refractivity contribution in [1.29, 1.82) is 0 Å². The molecule has 24 heavy (non-hydrogen) atoms. The summed E-state index contributed by atoms with van der Waals surface area (Å²) in [6, 6.07) is 13.0. The second-order valence-electron chi connectivity index (χ2n) is 5.72. The average molecular weight is 341 g/mol. The van der Waals surface area contributed by atoms with Gasteiger partial charge in [-0.25, -0.2) is 0 Å². The SMILES string of the molecule is CC(=O)c1cn(CC(=O)Nc2c(C)cccc2Cl)c2ccccc12. The lowest BCUT2D eigenvalue weighted by atomic mass is 10.1. The smallest absolute Gasteiger partial charge is 0.244 e. The molecule has 2 aromatic carbocycles. The fourth-order valence-electron chi connectivity index (χ4n) is 2.78. The first kappa shape index (κ1) is 16.3. The van der Waals surface area contributed by atoms with Crippen molar-refractivity contribution >= 4 is 39.9 Å². The van der Waals surface area contributed by atoms with Gasteiger partial charge in [0.25, 0.3) is 0 Å². The van der Waals surface area contributed by atoms with E-state index in [1.165, 1.54) is 6.92 Å². The van der Waals surface area contributed by atoms with Crippen LogP contribution in [0.3, 0.4) is 0 Å². The number of para-hydroxylation sites is 2. The first-order valence-corrected chi connectivity index (χ1v) is 7.99. The number of carbonyl (C=O) groups is 2. The number of hydrogen-bond acceptors (Lipinski definition) is 2. The minimum Gasteiger partial charge on any atom is -0.337 e. The number of rotatable bonds is 4. The number of fused-ring (bicyclic) bond motifs is 1. The standard InChI is InChI=1S/C19H17ClN2O2/c1-12-6-5-8-16(20)19(12)21-18(24)11-22-10-15(13(2)23)14-7-3-4-9-17(14)22/h3-10H,11H2,1-2H3,(H,21,24). The van der Waals surface area contributed by atoms with Gasteiger partial charge in [-0.1, -0.05) is 41.9 Å². The normalized spacial score (nSPS) is 10.8. The Morgan fingerprint density at radius 1 is 1.12 bits per heavy atom. The zero-order valence-corrected chi connectivity index (χ0v) is 14.2. The summed E-state index contributed by atoms with van der Waals surface area (Å²) in [5.74, 6) is -0.214. The topological polar surface area (TPSA) is 51.1 Å². The van der Waals surface area contributed by atoms with Gasteiger partial charge in [-0.2, -0.15) is 0 Å². The van der Waals surface area contributed by atoms with Gasteiger partial charge in [-0.05, 0) is 31.5 Å². The molecule has 0 spiro atoms. The minimum atomic E-state index is -0.193. The van der Waals surface area contributed by atoms with Gasteiger partial charge in [-0.3, -0.25) is 9.59 Å². The molecule has 122 valence electrons. The van der Waals surface area contributed by atoms with Crippen LogP contribution < -0.4 is 5.32 Å². The Hall–Kier alpha value is -2.59. The third-order valence-electron chi connectivity index (χ3n) is 3.97. The predicted octanol–water partition coefficient (Wildman–Crippen LogP) is 4.44. The molecule has 1 N–H and O–H groups in total. The molecule has 3 aromatic rings. The predicted molar refractivity (Wildman–Crippen MR) is 96.8 cm³/mol. The molecule has 0 bridgehead atoms. The first-order chi connectivity index (χ1) is 11.5. The lowest BCUT2D eigenvalue weighted by molar-refractivity contribution is -0.116. The second kappa shape index (κ2) is 6.49. The van der Waals surface area contributed by atoms with Gasteiger partial charge < -0.3 is 9.88 Å². The monoisotopic (exact) mass is 340 g/mol. The molecule has 0 aliphatic carbocycles. The summed E-state index contributed by atoms with van der Waals surface area (Å²) < 4.78 is 1.79. The number of hydrogen-bond donors (Lipinski definition) is 1. The van der Waals surface area contributed by atoms with Gasteiger partial charge in [0, 0.05) is 22.7 Å². The summed E-state index contributed by atoms with van der Waals surface area (Å²) >= 11 is 6.15. The molecule has 0 saturated heterocycles. The van der Waals surface area contributed by atoms with Gasteiger partial charge in [-0.15, -0.1) is 0 Å². The van der Waals surface area contributed by atoms with Gasteiger partial charge in [0.1, 0.15) is 6.54 Å². The summed E-state index contributed by atoms with van der Waals surface area (Å²) in [6.07, 6.45) is 1.73. The molecule has 1 amide bonds. The van der Waals surface area contributed by atoms with E-state index in [0.717, 1.165) is 16.5 Å². The van der Waals surface area contributed by atoms with E-state index in [9.17, 15) is 9.59 Å². The van der Waals surface area contributed by atoms with Crippen molar-refractivity contribution in [3.63, 3.8) is 0 Å². The Bertz CT molecular complexity index is 923. The van der Waals surface area contributed by atoms with Crippen molar-refractivity contribution in [2.75, 3.05) is 5.32 Å². The highest BCUT2D eigenvalue weighted by Gasteiger charge is 2.14. The molecule has 0 saturated carbocycles. The molecule has 5 heteroatoms. The molecule has 0 fully saturated rings. The van der Waals surface area contributed by atoms with Crippen LogP contribution in [0.25, 0.3) is 10.9 Å². The van der Waals surface area contributed by atoms with Gasteiger partial charge >= 0.3 is 0 Å². The number of benzene rings is 2. The minimum absolute atomic E-state index is 0.0210. The maximum Gasteiger partial charge on any atom is 0.244 e. The van der Waals surface area contributed by atoms with Crippen LogP contribution in [0.5, 0.6) is 0 Å². The van der Waals surface area contributed by atoms with E-state index in [0.29, 0.717) is 16.3 Å². The van der Waals surface area contributed by atoms with Crippen LogP contribution in [0.15, 0.2) is 48.7 Å². The number of anilines is 1. The molecular formula is C19H17ClN2O2. The lowest BCUT2D eigenvalue weighted by Gasteiger charge is -2.11. The van der Waals surface area contributed by atoms with Crippen LogP contribution >= 0.6 is 11.6 Å². The van der Waals surface area contributed by atoms with Crippen molar-refractivity contribution in [2.24, 2.45) is 0 Å². The maximum atomic E-state index is 12.4. The average Bonchev–Trinajstić information content (AvgIpc) is 2.90. The quantitative estimate of drug-likeness (QED) is 0.713. The molecule has 3 rings (SSSR count). The Morgan fingerprint density at radius 3 is 2.58 bits per heavy atom. The molecular weight excluding hydrogens is 324 g/mol. The number of aryl methyl sites for hydroxylation is 1. The molecule has 0 aliphatic heterocycles. The van der Waals surface area contributed by atoms with Crippen LogP contribution in [0, 0.1) is 6.92 Å². The van der Waals surface area contributed by atoms with E-state index in [-0.39, 0.29) is 18.2 Å². The highest BCUT2D eigenvalue weighted by atomic mass is 35.5. The number of amides is 1. The molecule has 4 nitrogen and oxygen atoms in total. The summed E-state index contributed by atoms with van der Waals surface area (Å²) in [5.41, 5.74) is 2.99. The summed E-state index contributed by atoms with van der Waals surface area (Å²) in [4.78, 5) is 24.2. The molecule has 0 unspecified atom stereocenters. The van der Waals surface area contributed by atoms with Crippen molar-refractivity contribution in [3.8, 4) is 0 Å². The van der Waals surface area contributed by atoms with Crippen molar-refractivity contribution in [3.05, 3.63) is 64.8 Å². The molecule has 0 aliphatic rings. The molecule has 0 atom stereocenters. The highest BCUT2D eigenvalue weighted by molar-refractivity contribution is 6.33. The third-order valence-corrected chi connectivity index (χ3v) is 4.28. The number of nitrogens with one attached hydrogen (secondary N) is 1. The first-order valence-electron chi connectivity index (χ1n) is 7.61. The van der Waals surface area contributed by atoms with Crippen LogP contribution in [0.2, 0.25) is 5.02 Å². The van der Waals surface area contributed by atoms with Crippen molar-refractivity contribution in [2.45, 2.75) is 20.4 Å². The number of nitrogens with zero attached hydrogens (tertiary/aromatic N) is 1. The second-order valence-corrected chi connectivity index (χ2v) is 6.13. The zero-order valence-electron chi connectivity index (χ0n) is 13.5. The Labute approximate surface area is 145 Å². The van der Waals surface area contributed by atoms with Gasteiger partial charge in [0.2, 0.25) is 5.91 Å². The van der Waals surface area contributed by atoms with Crippen LogP contribution in [0.1, 0.15) is 22.8 Å². The van der Waals surface area contributed by atoms with E-state index >= 15 is 0 Å². The number of halogens is 1. The fraction of sp³-hybridized carbons (Fsp3) is 0.158. The fourth-order valence-corrected chi connectivity index (χ4v) is 3.05. The number of Topliss-reactive ketones (excluding diaryl/α,β-unsaturated/α-hetero) is 1. The van der Waals surface area contributed by atoms with Gasteiger partial charge in [0.15, 0.2) is 5.78 Å². The van der Waals surface area contributed by atoms with Crippen LogP contribution in [-0.2, 0) is 11.3 Å². The Balaban J connectivity index is 1.90. The van der Waals surface area contributed by atoms with Crippen molar-refractivity contribution < 1.29 is 9.59 Å².